The van der Waals surface area contributed by atoms with E-state index in [9.17, 15) is 8.42 Å². The van der Waals surface area contributed by atoms with Crippen LogP contribution in [0.15, 0.2) is 46.5 Å². The molecule has 1 unspecified atom stereocenters. The van der Waals surface area contributed by atoms with Crippen molar-refractivity contribution < 1.29 is 8.42 Å². The van der Waals surface area contributed by atoms with E-state index in [0.29, 0.717) is 27.6 Å². The van der Waals surface area contributed by atoms with Gasteiger partial charge < -0.3 is 4.57 Å². The monoisotopic (exact) mass is 538 g/mol. The lowest BCUT2D eigenvalue weighted by Crippen LogP contribution is -2.32. The molecule has 0 radical (unpaired) electrons. The molecule has 166 valence electrons. The minimum atomic E-state index is -3.95. The number of rotatable bonds is 8. The van der Waals surface area contributed by atoms with Crippen LogP contribution in [0.2, 0.25) is 20.1 Å². The van der Waals surface area contributed by atoms with Gasteiger partial charge >= 0.3 is 0 Å². The van der Waals surface area contributed by atoms with E-state index in [1.165, 1.54) is 30.0 Å². The van der Waals surface area contributed by atoms with Gasteiger partial charge in [-0.05, 0) is 55.5 Å². The maximum Gasteiger partial charge on any atom is 0.241 e. The van der Waals surface area contributed by atoms with Crippen molar-refractivity contribution in [3.8, 4) is 0 Å². The molecule has 2 aromatic carbocycles. The number of aromatic nitrogens is 3. The molecule has 0 fully saturated rings. The van der Waals surface area contributed by atoms with E-state index in [-0.39, 0.29) is 21.4 Å². The first kappa shape index (κ1) is 24.6. The lowest BCUT2D eigenvalue weighted by molar-refractivity contribution is 0.518. The van der Waals surface area contributed by atoms with E-state index in [2.05, 4.69) is 14.9 Å². The molecule has 0 spiro atoms. The van der Waals surface area contributed by atoms with E-state index in [1.807, 2.05) is 17.7 Å². The summed E-state index contributed by atoms with van der Waals surface area (Å²) in [5.41, 5.74) is 0.785. The second-order valence-corrected chi connectivity index (χ2v) is 10.6. The minimum absolute atomic E-state index is 0.00584. The van der Waals surface area contributed by atoms with Gasteiger partial charge in [-0.3, -0.25) is 0 Å². The fraction of sp³-hybridized carbons (Fsp3) is 0.263. The van der Waals surface area contributed by atoms with E-state index >= 15 is 0 Å². The zero-order valence-electron chi connectivity index (χ0n) is 16.4. The van der Waals surface area contributed by atoms with Crippen LogP contribution < -0.4 is 4.72 Å². The lowest BCUT2D eigenvalue weighted by atomic mass is 10.1. The van der Waals surface area contributed by atoms with Gasteiger partial charge in [-0.2, -0.15) is 0 Å². The number of halogens is 4. The van der Waals surface area contributed by atoms with Crippen LogP contribution in [0.4, 0.5) is 0 Å². The fourth-order valence-corrected chi connectivity index (χ4v) is 5.46. The molecule has 3 aromatic rings. The summed E-state index contributed by atoms with van der Waals surface area (Å²) in [7, 11) is -3.95. The van der Waals surface area contributed by atoms with Crippen molar-refractivity contribution in [2.75, 3.05) is 6.26 Å². The Bertz CT molecular complexity index is 1200. The predicted octanol–water partition coefficient (Wildman–Crippen LogP) is 5.90. The van der Waals surface area contributed by atoms with Crippen molar-refractivity contribution in [1.29, 1.82) is 0 Å². The summed E-state index contributed by atoms with van der Waals surface area (Å²) >= 11 is 25.6. The first-order chi connectivity index (χ1) is 14.7. The van der Waals surface area contributed by atoms with Crippen molar-refractivity contribution in [2.24, 2.45) is 0 Å². The summed E-state index contributed by atoms with van der Waals surface area (Å²) in [6.07, 6.45) is 2.16. The van der Waals surface area contributed by atoms with Gasteiger partial charge in [0.1, 0.15) is 0 Å². The van der Waals surface area contributed by atoms with Crippen molar-refractivity contribution in [3.05, 3.63) is 67.9 Å². The summed E-state index contributed by atoms with van der Waals surface area (Å²) in [6.45, 7) is 2.52. The number of hydrogen-bond donors (Lipinski definition) is 1. The predicted molar refractivity (Wildman–Crippen MR) is 127 cm³/mol. The normalized spacial score (nSPS) is 12.8. The molecule has 31 heavy (non-hydrogen) atoms. The average Bonchev–Trinajstić information content (AvgIpc) is 3.15. The largest absolute Gasteiger partial charge is 0.305 e. The second kappa shape index (κ2) is 10.3. The average molecular weight is 540 g/mol. The number of nitrogens with one attached hydrogen (secondary N) is 1. The summed E-state index contributed by atoms with van der Waals surface area (Å²) in [5, 5.41) is 10.3. The first-order valence-electron chi connectivity index (χ1n) is 9.04. The van der Waals surface area contributed by atoms with Crippen molar-refractivity contribution in [1.82, 2.24) is 19.5 Å². The van der Waals surface area contributed by atoms with Crippen LogP contribution in [-0.4, -0.2) is 29.4 Å². The summed E-state index contributed by atoms with van der Waals surface area (Å²) < 4.78 is 30.9. The molecule has 0 saturated heterocycles. The third-order valence-corrected chi connectivity index (χ3v) is 8.09. The molecule has 0 aliphatic carbocycles. The molecular formula is C19H18Cl4N4O2S2. The van der Waals surface area contributed by atoms with Crippen molar-refractivity contribution >= 4 is 68.2 Å². The summed E-state index contributed by atoms with van der Waals surface area (Å²) in [4.78, 5) is -0.00584. The third-order valence-electron chi connectivity index (χ3n) is 4.48. The first-order valence-corrected chi connectivity index (χ1v) is 13.3. The molecule has 0 bridgehead atoms. The molecule has 0 aliphatic rings. The van der Waals surface area contributed by atoms with Gasteiger partial charge in [0, 0.05) is 6.54 Å². The van der Waals surface area contributed by atoms with Crippen LogP contribution in [0, 0.1) is 0 Å². The topological polar surface area (TPSA) is 76.9 Å². The van der Waals surface area contributed by atoms with E-state index in [4.69, 9.17) is 46.4 Å². The molecule has 12 heteroatoms. The molecule has 1 heterocycles. The van der Waals surface area contributed by atoms with Crippen LogP contribution in [-0.2, 0) is 23.0 Å². The second-order valence-electron chi connectivity index (χ2n) is 6.49. The zero-order valence-corrected chi connectivity index (χ0v) is 21.1. The van der Waals surface area contributed by atoms with E-state index in [0.717, 1.165) is 5.56 Å². The molecule has 3 rings (SSSR count). The highest BCUT2D eigenvalue weighted by molar-refractivity contribution is 7.98. The lowest BCUT2D eigenvalue weighted by Gasteiger charge is -2.20. The molecule has 0 aliphatic heterocycles. The molecule has 1 N–H and O–H groups in total. The number of benzene rings is 2. The van der Waals surface area contributed by atoms with Crippen molar-refractivity contribution in [3.63, 3.8) is 0 Å². The highest BCUT2D eigenvalue weighted by Crippen LogP contribution is 2.29. The summed E-state index contributed by atoms with van der Waals surface area (Å²) in [5.74, 6) is 0.488. The van der Waals surface area contributed by atoms with Gasteiger partial charge in [0.2, 0.25) is 10.0 Å². The Morgan fingerprint density at radius 3 is 2.23 bits per heavy atom. The number of hydrogen-bond acceptors (Lipinski definition) is 5. The SMILES string of the molecule is CCn1c(SC)nnc1C(Cc1ccc(Cl)c(Cl)c1)NS(=O)(=O)c1ccc(Cl)c(Cl)c1. The molecule has 1 aromatic heterocycles. The minimum Gasteiger partial charge on any atom is -0.305 e. The Labute approximate surface area is 205 Å². The number of thioether (sulfide) groups is 1. The van der Waals surface area contributed by atoms with Crippen LogP contribution in [0.1, 0.15) is 24.4 Å². The zero-order chi connectivity index (χ0) is 22.8. The number of nitrogens with zero attached hydrogens (tertiary/aromatic N) is 3. The quantitative estimate of drug-likeness (QED) is 0.361. The molecule has 1 atom stereocenters. The highest BCUT2D eigenvalue weighted by atomic mass is 35.5. The Hall–Kier alpha value is -1.000. The maximum absolute atomic E-state index is 13.1. The van der Waals surface area contributed by atoms with Crippen LogP contribution in [0.5, 0.6) is 0 Å². The number of sulfonamides is 1. The smallest absolute Gasteiger partial charge is 0.241 e. The Balaban J connectivity index is 2.03. The standard InChI is InChI=1S/C19H18Cl4N4O2S2/c1-3-27-18(24-25-19(27)30-2)17(9-11-4-6-13(20)15(22)8-11)26-31(28,29)12-5-7-14(21)16(23)10-12/h4-8,10,17,26H,3,9H2,1-2H3. The molecule has 0 amide bonds. The third kappa shape index (κ3) is 5.68. The molecular weight excluding hydrogens is 522 g/mol. The Morgan fingerprint density at radius 1 is 1.00 bits per heavy atom. The van der Waals surface area contributed by atoms with Crippen LogP contribution >= 0.6 is 58.2 Å². The van der Waals surface area contributed by atoms with Gasteiger partial charge in [-0.25, -0.2) is 13.1 Å². The maximum atomic E-state index is 13.1. The van der Waals surface area contributed by atoms with Crippen LogP contribution in [0.3, 0.4) is 0 Å². The summed E-state index contributed by atoms with van der Waals surface area (Å²) in [6, 6.07) is 8.58. The highest BCUT2D eigenvalue weighted by Gasteiger charge is 2.27. The van der Waals surface area contributed by atoms with Gasteiger partial charge in [0.25, 0.3) is 0 Å². The van der Waals surface area contributed by atoms with Gasteiger partial charge in [-0.1, -0.05) is 64.2 Å². The van der Waals surface area contributed by atoms with Gasteiger partial charge in [-0.15, -0.1) is 10.2 Å². The molecule has 6 nitrogen and oxygen atoms in total. The van der Waals surface area contributed by atoms with E-state index in [1.54, 1.807) is 18.2 Å². The Kier molecular flexibility index (Phi) is 8.18. The van der Waals surface area contributed by atoms with Gasteiger partial charge in [0.05, 0.1) is 31.0 Å². The Morgan fingerprint density at radius 2 is 1.65 bits per heavy atom. The van der Waals surface area contributed by atoms with E-state index < -0.39 is 16.1 Å². The van der Waals surface area contributed by atoms with Crippen molar-refractivity contribution in [2.45, 2.75) is 36.0 Å². The molecule has 0 saturated carbocycles. The van der Waals surface area contributed by atoms with Crippen LogP contribution in [0.25, 0.3) is 0 Å². The van der Waals surface area contributed by atoms with Gasteiger partial charge in [0.15, 0.2) is 11.0 Å². The fourth-order valence-electron chi connectivity index (χ4n) is 2.99.